The molecule has 0 aromatic heterocycles. The van der Waals surface area contributed by atoms with Gasteiger partial charge in [-0.15, -0.1) is 0 Å². The second-order valence-corrected chi connectivity index (χ2v) is 3.45. The molecule has 1 fully saturated rings. The van der Waals surface area contributed by atoms with Crippen molar-refractivity contribution in [3.8, 4) is 0 Å². The summed E-state index contributed by atoms with van der Waals surface area (Å²) in [5, 5.41) is 0. The van der Waals surface area contributed by atoms with Gasteiger partial charge in [0.05, 0.1) is 0 Å². The second kappa shape index (κ2) is 5.01. The van der Waals surface area contributed by atoms with E-state index in [0.29, 0.717) is 0 Å². The molecule has 0 radical (unpaired) electrons. The Bertz CT molecular complexity index is 100. The van der Waals surface area contributed by atoms with E-state index in [4.69, 9.17) is 0 Å². The van der Waals surface area contributed by atoms with Gasteiger partial charge in [0.15, 0.2) is 0 Å². The molecule has 1 aliphatic heterocycles. The molecule has 0 N–H and O–H groups in total. The van der Waals surface area contributed by atoms with Crippen LogP contribution in [-0.4, -0.2) is 54.8 Å². The second-order valence-electron chi connectivity index (χ2n) is 3.00. The molecule has 0 bridgehead atoms. The van der Waals surface area contributed by atoms with Gasteiger partial charge in [-0.25, -0.2) is 0 Å². The zero-order chi connectivity index (χ0) is 8.10. The van der Waals surface area contributed by atoms with Gasteiger partial charge in [-0.05, 0) is 6.54 Å². The Balaban J connectivity index is 2.14. The maximum Gasteiger partial charge on any atom is 0.0110 e. The highest BCUT2D eigenvalue weighted by Gasteiger charge is 2.13. The minimum Gasteiger partial charge on any atom is -0.301 e. The van der Waals surface area contributed by atoms with Crippen molar-refractivity contribution in [1.29, 1.82) is 0 Å². The van der Waals surface area contributed by atoms with Crippen LogP contribution in [0.5, 0.6) is 0 Å². The summed E-state index contributed by atoms with van der Waals surface area (Å²) in [6, 6.07) is 0. The van der Waals surface area contributed by atoms with Crippen LogP contribution in [0.3, 0.4) is 0 Å². The van der Waals surface area contributed by atoms with Gasteiger partial charge in [0.1, 0.15) is 0 Å². The molecular weight excluding hydrogens is 156 g/mol. The molecule has 1 saturated heterocycles. The number of piperazine rings is 1. The summed E-state index contributed by atoms with van der Waals surface area (Å²) in [7, 11) is 0. The summed E-state index contributed by atoms with van der Waals surface area (Å²) in [6.45, 7) is 9.53. The average Bonchev–Trinajstić information content (AvgIpc) is 2.07. The average molecular weight is 174 g/mol. The molecule has 0 saturated carbocycles. The molecule has 0 aromatic rings. The molecule has 0 atom stereocenters. The summed E-state index contributed by atoms with van der Waals surface area (Å²) in [4.78, 5) is 4.98. The Morgan fingerprint density at radius 1 is 1.09 bits per heavy atom. The zero-order valence-electron chi connectivity index (χ0n) is 7.29. The monoisotopic (exact) mass is 174 g/mol. The van der Waals surface area contributed by atoms with Gasteiger partial charge in [0.25, 0.3) is 0 Å². The summed E-state index contributed by atoms with van der Waals surface area (Å²) >= 11 is 4.22. The third kappa shape index (κ3) is 3.01. The molecule has 2 nitrogen and oxygen atoms in total. The fraction of sp³-hybridized carbons (Fsp3) is 1.00. The standard InChI is InChI=1S/C8H18N2S/c1-2-9-3-5-10(6-4-9)7-8-11/h11H,2-8H2,1H3. The molecule has 0 amide bonds. The topological polar surface area (TPSA) is 6.48 Å². The van der Waals surface area contributed by atoms with E-state index in [1.54, 1.807) is 0 Å². The number of nitrogens with zero attached hydrogens (tertiary/aromatic N) is 2. The third-order valence-electron chi connectivity index (χ3n) is 2.33. The Hall–Kier alpha value is 0.270. The van der Waals surface area contributed by atoms with Gasteiger partial charge in [-0.1, -0.05) is 6.92 Å². The van der Waals surface area contributed by atoms with E-state index >= 15 is 0 Å². The Morgan fingerprint density at radius 3 is 2.09 bits per heavy atom. The molecule has 1 heterocycles. The van der Waals surface area contributed by atoms with Gasteiger partial charge >= 0.3 is 0 Å². The number of likely N-dealkylation sites (N-methyl/N-ethyl adjacent to an activating group) is 1. The van der Waals surface area contributed by atoms with Crippen molar-refractivity contribution < 1.29 is 0 Å². The molecule has 11 heavy (non-hydrogen) atoms. The van der Waals surface area contributed by atoms with Crippen molar-refractivity contribution in [3.63, 3.8) is 0 Å². The lowest BCUT2D eigenvalue weighted by molar-refractivity contribution is 0.143. The maximum absolute atomic E-state index is 4.22. The lowest BCUT2D eigenvalue weighted by Gasteiger charge is -2.33. The quantitative estimate of drug-likeness (QED) is 0.624. The molecule has 66 valence electrons. The van der Waals surface area contributed by atoms with Crippen molar-refractivity contribution in [1.82, 2.24) is 9.80 Å². The number of thiol groups is 1. The van der Waals surface area contributed by atoms with E-state index in [9.17, 15) is 0 Å². The first-order valence-electron chi connectivity index (χ1n) is 4.42. The van der Waals surface area contributed by atoms with Crippen LogP contribution in [0.2, 0.25) is 0 Å². The van der Waals surface area contributed by atoms with Gasteiger partial charge in [-0.3, -0.25) is 4.90 Å². The van der Waals surface area contributed by atoms with E-state index in [-0.39, 0.29) is 0 Å². The van der Waals surface area contributed by atoms with E-state index < -0.39 is 0 Å². The summed E-state index contributed by atoms with van der Waals surface area (Å²) in [5.74, 6) is 0.992. The van der Waals surface area contributed by atoms with Gasteiger partial charge in [0.2, 0.25) is 0 Å². The highest BCUT2D eigenvalue weighted by molar-refractivity contribution is 7.80. The summed E-state index contributed by atoms with van der Waals surface area (Å²) in [6.07, 6.45) is 0. The predicted molar refractivity (Wildman–Crippen MR) is 52.4 cm³/mol. The smallest absolute Gasteiger partial charge is 0.0110 e. The van der Waals surface area contributed by atoms with E-state index in [0.717, 1.165) is 12.3 Å². The fourth-order valence-electron chi connectivity index (χ4n) is 1.47. The first-order valence-corrected chi connectivity index (χ1v) is 5.05. The van der Waals surface area contributed by atoms with Crippen molar-refractivity contribution in [2.24, 2.45) is 0 Å². The SMILES string of the molecule is CCN1CCN(CCS)CC1. The number of hydrogen-bond acceptors (Lipinski definition) is 3. The largest absolute Gasteiger partial charge is 0.301 e. The minimum atomic E-state index is 0.992. The Morgan fingerprint density at radius 2 is 1.64 bits per heavy atom. The normalized spacial score (nSPS) is 22.4. The van der Waals surface area contributed by atoms with Crippen LogP contribution < -0.4 is 0 Å². The molecule has 0 unspecified atom stereocenters. The number of hydrogen-bond donors (Lipinski definition) is 1. The third-order valence-corrected chi connectivity index (χ3v) is 2.53. The van der Waals surface area contributed by atoms with E-state index in [1.807, 2.05) is 0 Å². The van der Waals surface area contributed by atoms with E-state index in [1.165, 1.54) is 32.7 Å². The first kappa shape index (κ1) is 9.36. The first-order chi connectivity index (χ1) is 5.36. The van der Waals surface area contributed by atoms with Crippen LogP contribution in [0.1, 0.15) is 6.92 Å². The molecule has 0 aromatic carbocycles. The Kier molecular flexibility index (Phi) is 4.26. The molecule has 3 heteroatoms. The molecule has 1 aliphatic rings. The molecule has 0 spiro atoms. The van der Waals surface area contributed by atoms with Crippen molar-refractivity contribution in [2.75, 3.05) is 45.0 Å². The lowest BCUT2D eigenvalue weighted by atomic mass is 10.3. The van der Waals surface area contributed by atoms with Crippen LogP contribution in [0.15, 0.2) is 0 Å². The van der Waals surface area contributed by atoms with E-state index in [2.05, 4.69) is 29.4 Å². The lowest BCUT2D eigenvalue weighted by Crippen LogP contribution is -2.46. The van der Waals surface area contributed by atoms with Gasteiger partial charge < -0.3 is 4.90 Å². The maximum atomic E-state index is 4.22. The Labute approximate surface area is 75.0 Å². The highest BCUT2D eigenvalue weighted by Crippen LogP contribution is 2.00. The van der Waals surface area contributed by atoms with Crippen molar-refractivity contribution >= 4 is 12.6 Å². The van der Waals surface area contributed by atoms with Crippen LogP contribution >= 0.6 is 12.6 Å². The highest BCUT2D eigenvalue weighted by atomic mass is 32.1. The summed E-state index contributed by atoms with van der Waals surface area (Å²) < 4.78 is 0. The van der Waals surface area contributed by atoms with Gasteiger partial charge in [0, 0.05) is 38.5 Å². The fourth-order valence-corrected chi connectivity index (χ4v) is 1.75. The summed E-state index contributed by atoms with van der Waals surface area (Å²) in [5.41, 5.74) is 0. The van der Waals surface area contributed by atoms with Crippen LogP contribution in [0.25, 0.3) is 0 Å². The number of rotatable bonds is 3. The van der Waals surface area contributed by atoms with Crippen molar-refractivity contribution in [3.05, 3.63) is 0 Å². The minimum absolute atomic E-state index is 0.992. The molecule has 0 aliphatic carbocycles. The van der Waals surface area contributed by atoms with Crippen LogP contribution in [0, 0.1) is 0 Å². The molecular formula is C8H18N2S. The van der Waals surface area contributed by atoms with Crippen LogP contribution in [-0.2, 0) is 0 Å². The predicted octanol–water partition coefficient (Wildman–Crippen LogP) is 0.554. The van der Waals surface area contributed by atoms with Crippen molar-refractivity contribution in [2.45, 2.75) is 6.92 Å². The molecule has 1 rings (SSSR count). The van der Waals surface area contributed by atoms with Crippen LogP contribution in [0.4, 0.5) is 0 Å². The zero-order valence-corrected chi connectivity index (χ0v) is 8.19. The van der Waals surface area contributed by atoms with Gasteiger partial charge in [-0.2, -0.15) is 12.6 Å².